The summed E-state index contributed by atoms with van der Waals surface area (Å²) in [7, 11) is 1.68. The van der Waals surface area contributed by atoms with Gasteiger partial charge < -0.3 is 0 Å². The molecule has 0 saturated carbocycles. The number of hydrogen-bond donors (Lipinski definition) is 0. The third-order valence-electron chi connectivity index (χ3n) is 5.51. The van der Waals surface area contributed by atoms with Gasteiger partial charge in [0.05, 0.1) is 17.8 Å². The molecule has 1 aliphatic heterocycles. The SMILES string of the molecule is CN=Cc1cc(-c2ccc(F)cc2)c2ccc(CN3C(=O)CC(C)(C)CC3=O)cc2n1. The van der Waals surface area contributed by atoms with Crippen molar-refractivity contribution in [1.29, 1.82) is 0 Å². The van der Waals surface area contributed by atoms with Crippen molar-refractivity contribution in [1.82, 2.24) is 9.88 Å². The van der Waals surface area contributed by atoms with Gasteiger partial charge >= 0.3 is 0 Å². The van der Waals surface area contributed by atoms with E-state index < -0.39 is 0 Å². The molecule has 1 aliphatic rings. The van der Waals surface area contributed by atoms with Crippen molar-refractivity contribution in [3.8, 4) is 11.1 Å². The molecule has 158 valence electrons. The van der Waals surface area contributed by atoms with E-state index in [4.69, 9.17) is 0 Å². The Morgan fingerprint density at radius 1 is 1.06 bits per heavy atom. The number of aliphatic imine (C=N–C) groups is 1. The van der Waals surface area contributed by atoms with Crippen LogP contribution in [0.5, 0.6) is 0 Å². The molecule has 31 heavy (non-hydrogen) atoms. The zero-order valence-corrected chi connectivity index (χ0v) is 17.9. The molecule has 0 atom stereocenters. The van der Waals surface area contributed by atoms with Crippen LogP contribution in [0.25, 0.3) is 22.0 Å². The number of likely N-dealkylation sites (tertiary alicyclic amines) is 1. The number of aromatic nitrogens is 1. The molecule has 1 aromatic heterocycles. The average Bonchev–Trinajstić information content (AvgIpc) is 2.70. The summed E-state index contributed by atoms with van der Waals surface area (Å²) in [4.78, 5) is 35.1. The lowest BCUT2D eigenvalue weighted by Gasteiger charge is -2.34. The molecular formula is C25H24FN3O2. The zero-order valence-electron chi connectivity index (χ0n) is 17.9. The molecule has 2 heterocycles. The fourth-order valence-electron chi connectivity index (χ4n) is 4.03. The number of benzene rings is 2. The van der Waals surface area contributed by atoms with E-state index >= 15 is 0 Å². The van der Waals surface area contributed by atoms with E-state index in [0.717, 1.165) is 27.6 Å². The first-order chi connectivity index (χ1) is 14.8. The number of carbonyl (C=O) groups is 2. The molecule has 0 aliphatic carbocycles. The molecule has 4 rings (SSSR count). The second kappa shape index (κ2) is 8.02. The summed E-state index contributed by atoms with van der Waals surface area (Å²) in [6.45, 7) is 4.10. The molecule has 0 bridgehead atoms. The van der Waals surface area contributed by atoms with Crippen LogP contribution in [-0.2, 0) is 16.1 Å². The molecule has 1 saturated heterocycles. The van der Waals surface area contributed by atoms with E-state index in [1.807, 2.05) is 38.1 Å². The van der Waals surface area contributed by atoms with Gasteiger partial charge in [0.15, 0.2) is 0 Å². The Balaban J connectivity index is 1.74. The van der Waals surface area contributed by atoms with Crippen LogP contribution in [0.3, 0.4) is 0 Å². The summed E-state index contributed by atoms with van der Waals surface area (Å²) in [5, 5.41) is 0.904. The van der Waals surface area contributed by atoms with Crippen LogP contribution in [0.15, 0.2) is 53.5 Å². The number of nitrogens with zero attached hydrogens (tertiary/aromatic N) is 3. The second-order valence-corrected chi connectivity index (χ2v) is 8.73. The van der Waals surface area contributed by atoms with Gasteiger partial charge in [-0.25, -0.2) is 9.37 Å². The van der Waals surface area contributed by atoms with Crippen LogP contribution in [0.2, 0.25) is 0 Å². The third kappa shape index (κ3) is 4.38. The van der Waals surface area contributed by atoms with Crippen molar-refractivity contribution in [2.24, 2.45) is 10.4 Å². The Morgan fingerprint density at radius 2 is 1.74 bits per heavy atom. The van der Waals surface area contributed by atoms with Crippen molar-refractivity contribution in [2.75, 3.05) is 7.05 Å². The molecule has 0 spiro atoms. The number of fused-ring (bicyclic) bond motifs is 1. The molecule has 2 amide bonds. The normalized spacial score (nSPS) is 16.5. The largest absolute Gasteiger partial charge is 0.294 e. The number of hydrogen-bond acceptors (Lipinski definition) is 4. The van der Waals surface area contributed by atoms with Crippen LogP contribution >= 0.6 is 0 Å². The summed E-state index contributed by atoms with van der Waals surface area (Å²) >= 11 is 0. The maximum Gasteiger partial charge on any atom is 0.230 e. The van der Waals surface area contributed by atoms with Crippen molar-refractivity contribution < 1.29 is 14.0 Å². The van der Waals surface area contributed by atoms with E-state index in [9.17, 15) is 14.0 Å². The molecule has 2 aromatic carbocycles. The quantitative estimate of drug-likeness (QED) is 0.454. The standard InChI is InChI=1S/C25H24FN3O2/c1-25(2)12-23(30)29(24(31)13-25)15-16-4-9-20-21(17-5-7-18(26)8-6-17)11-19(14-27-3)28-22(20)10-16/h4-11,14H,12-13,15H2,1-3H3. The van der Waals surface area contributed by atoms with Gasteiger partial charge in [0.2, 0.25) is 11.8 Å². The van der Waals surface area contributed by atoms with Crippen molar-refractivity contribution in [3.05, 3.63) is 65.6 Å². The van der Waals surface area contributed by atoms with Crippen molar-refractivity contribution in [2.45, 2.75) is 33.2 Å². The van der Waals surface area contributed by atoms with Crippen molar-refractivity contribution >= 4 is 28.9 Å². The van der Waals surface area contributed by atoms with Crippen LogP contribution < -0.4 is 0 Å². The molecule has 0 unspecified atom stereocenters. The highest BCUT2D eigenvalue weighted by Gasteiger charge is 2.37. The first-order valence-electron chi connectivity index (χ1n) is 10.2. The maximum atomic E-state index is 13.4. The minimum atomic E-state index is -0.298. The summed E-state index contributed by atoms with van der Waals surface area (Å²) in [5.74, 6) is -0.583. The average molecular weight is 417 g/mol. The Bertz CT molecular complexity index is 1180. The van der Waals surface area contributed by atoms with Gasteiger partial charge in [-0.2, -0.15) is 0 Å². The topological polar surface area (TPSA) is 62.6 Å². The highest BCUT2D eigenvalue weighted by molar-refractivity contribution is 5.99. The molecule has 6 heteroatoms. The summed E-state index contributed by atoms with van der Waals surface area (Å²) < 4.78 is 13.4. The summed E-state index contributed by atoms with van der Waals surface area (Å²) in [6.07, 6.45) is 2.38. The molecule has 3 aromatic rings. The monoisotopic (exact) mass is 417 g/mol. The van der Waals surface area contributed by atoms with Gasteiger partial charge in [-0.05, 0) is 46.4 Å². The smallest absolute Gasteiger partial charge is 0.230 e. The Labute approximate surface area is 180 Å². The minimum absolute atomic E-state index is 0.145. The Morgan fingerprint density at radius 3 is 2.39 bits per heavy atom. The van der Waals surface area contributed by atoms with Crippen LogP contribution in [-0.4, -0.2) is 35.0 Å². The molecule has 5 nitrogen and oxygen atoms in total. The summed E-state index contributed by atoms with van der Waals surface area (Å²) in [6, 6.07) is 14.0. The second-order valence-electron chi connectivity index (χ2n) is 8.73. The van der Waals surface area contributed by atoms with Gasteiger partial charge in [-0.15, -0.1) is 0 Å². The van der Waals surface area contributed by atoms with Gasteiger partial charge in [0, 0.05) is 31.5 Å². The van der Waals surface area contributed by atoms with Crippen LogP contribution in [0, 0.1) is 11.2 Å². The first kappa shape index (κ1) is 20.8. The lowest BCUT2D eigenvalue weighted by molar-refractivity contribution is -0.153. The highest BCUT2D eigenvalue weighted by atomic mass is 19.1. The van der Waals surface area contributed by atoms with Gasteiger partial charge in [-0.3, -0.25) is 19.5 Å². The van der Waals surface area contributed by atoms with E-state index in [0.29, 0.717) is 18.5 Å². The van der Waals surface area contributed by atoms with E-state index in [1.54, 1.807) is 25.4 Å². The van der Waals surface area contributed by atoms with Gasteiger partial charge in [-0.1, -0.05) is 38.1 Å². The number of carbonyl (C=O) groups excluding carboxylic acids is 2. The molecular weight excluding hydrogens is 393 g/mol. The lowest BCUT2D eigenvalue weighted by atomic mass is 9.81. The number of rotatable bonds is 4. The van der Waals surface area contributed by atoms with E-state index in [-0.39, 0.29) is 29.6 Å². The number of pyridine rings is 1. The number of piperidine rings is 1. The van der Waals surface area contributed by atoms with Crippen molar-refractivity contribution in [3.63, 3.8) is 0 Å². The van der Waals surface area contributed by atoms with Crippen LogP contribution in [0.1, 0.15) is 37.9 Å². The first-order valence-corrected chi connectivity index (χ1v) is 10.2. The zero-order chi connectivity index (χ0) is 22.2. The molecule has 1 fully saturated rings. The molecule has 0 radical (unpaired) electrons. The van der Waals surface area contributed by atoms with Gasteiger partial charge in [0.25, 0.3) is 0 Å². The van der Waals surface area contributed by atoms with E-state index in [2.05, 4.69) is 9.98 Å². The predicted octanol–water partition coefficient (Wildman–Crippen LogP) is 4.76. The minimum Gasteiger partial charge on any atom is -0.294 e. The predicted molar refractivity (Wildman–Crippen MR) is 119 cm³/mol. The van der Waals surface area contributed by atoms with Crippen LogP contribution in [0.4, 0.5) is 4.39 Å². The Kier molecular flexibility index (Phi) is 5.39. The fourth-order valence-corrected chi connectivity index (χ4v) is 4.03. The highest BCUT2D eigenvalue weighted by Crippen LogP contribution is 2.33. The fraction of sp³-hybridized carbons (Fsp3) is 0.280. The molecule has 0 N–H and O–H groups in total. The third-order valence-corrected chi connectivity index (χ3v) is 5.51. The number of halogens is 1. The number of imide groups is 1. The van der Waals surface area contributed by atoms with E-state index in [1.165, 1.54) is 17.0 Å². The lowest BCUT2D eigenvalue weighted by Crippen LogP contribution is -2.45. The summed E-state index contributed by atoms with van der Waals surface area (Å²) in [5.41, 5.74) is 3.73. The number of amides is 2. The Hall–Kier alpha value is -3.41. The maximum absolute atomic E-state index is 13.4. The van der Waals surface area contributed by atoms with Gasteiger partial charge in [0.1, 0.15) is 5.82 Å².